The minimum atomic E-state index is -0.932. The number of carboxylic acid groups (broad SMARTS) is 1. The van der Waals surface area contributed by atoms with Gasteiger partial charge in [0.05, 0.1) is 11.2 Å². The van der Waals surface area contributed by atoms with Crippen LogP contribution in [0.2, 0.25) is 0 Å². The van der Waals surface area contributed by atoms with Gasteiger partial charge < -0.3 is 5.11 Å². The quantitative estimate of drug-likeness (QED) is 0.833. The monoisotopic (exact) mass is 302 g/mol. The van der Waals surface area contributed by atoms with Gasteiger partial charge in [0.1, 0.15) is 0 Å². The summed E-state index contributed by atoms with van der Waals surface area (Å²) in [4.78, 5) is 18.4. The van der Waals surface area contributed by atoms with Crippen LogP contribution in [0, 0.1) is 6.92 Å². The van der Waals surface area contributed by atoms with E-state index in [0.29, 0.717) is 0 Å². The molecule has 0 fully saturated rings. The molecule has 0 radical (unpaired) electrons. The molecule has 0 atom stereocenters. The Kier molecular flexibility index (Phi) is 5.25. The molecule has 1 aromatic carbocycles. The minimum absolute atomic E-state index is 0.761. The summed E-state index contributed by atoms with van der Waals surface area (Å²) in [6.45, 7) is 3.62. The van der Waals surface area contributed by atoms with Crippen LogP contribution in [0.3, 0.4) is 0 Å². The van der Waals surface area contributed by atoms with E-state index < -0.39 is 5.97 Å². The van der Waals surface area contributed by atoms with E-state index in [2.05, 4.69) is 16.9 Å². The molecule has 110 valence electrons. The van der Waals surface area contributed by atoms with Crippen LogP contribution in [0.15, 0.2) is 35.9 Å². The molecular formula is C16H18N2O2S. The molecular weight excluding hydrogens is 284 g/mol. The fraction of sp³-hybridized carbons (Fsp3) is 0.250. The van der Waals surface area contributed by atoms with Crippen molar-refractivity contribution in [3.05, 3.63) is 57.6 Å². The number of rotatable bonds is 6. The van der Waals surface area contributed by atoms with Crippen LogP contribution in [-0.2, 0) is 17.9 Å². The van der Waals surface area contributed by atoms with Gasteiger partial charge in [-0.3, -0.25) is 4.90 Å². The topological polar surface area (TPSA) is 53.4 Å². The fourth-order valence-corrected chi connectivity index (χ4v) is 2.93. The SMILES string of the molecule is Cc1ncsc1CN(C)Cc1ccccc1C=CC(=O)O. The van der Waals surface area contributed by atoms with Crippen molar-refractivity contribution in [3.8, 4) is 0 Å². The average molecular weight is 302 g/mol. The van der Waals surface area contributed by atoms with Crippen LogP contribution >= 0.6 is 11.3 Å². The van der Waals surface area contributed by atoms with Crippen LogP contribution < -0.4 is 0 Å². The standard InChI is InChI=1S/C16H18N2O2S/c1-12-15(21-11-17-12)10-18(2)9-14-6-4-3-5-13(14)7-8-16(19)20/h3-8,11H,9-10H2,1-2H3,(H,19,20). The molecule has 1 N–H and O–H groups in total. The third-order valence-corrected chi connectivity index (χ3v) is 4.08. The Bertz CT molecular complexity index is 649. The first-order valence-electron chi connectivity index (χ1n) is 6.62. The zero-order valence-corrected chi connectivity index (χ0v) is 12.9. The van der Waals surface area contributed by atoms with Gasteiger partial charge in [0.2, 0.25) is 0 Å². The van der Waals surface area contributed by atoms with Gasteiger partial charge in [0.25, 0.3) is 0 Å². The molecule has 0 aliphatic heterocycles. The van der Waals surface area contributed by atoms with Gasteiger partial charge in [0.15, 0.2) is 0 Å². The largest absolute Gasteiger partial charge is 0.478 e. The van der Waals surface area contributed by atoms with Crippen molar-refractivity contribution in [1.29, 1.82) is 0 Å². The molecule has 0 spiro atoms. The molecule has 4 nitrogen and oxygen atoms in total. The lowest BCUT2D eigenvalue weighted by Gasteiger charge is -2.17. The molecule has 1 heterocycles. The Morgan fingerprint density at radius 1 is 1.38 bits per heavy atom. The fourth-order valence-electron chi connectivity index (χ4n) is 2.07. The first-order chi connectivity index (χ1) is 10.1. The molecule has 2 aromatic rings. The van der Waals surface area contributed by atoms with Gasteiger partial charge >= 0.3 is 5.97 Å². The number of aryl methyl sites for hydroxylation is 1. The van der Waals surface area contributed by atoms with Crippen molar-refractivity contribution in [2.45, 2.75) is 20.0 Å². The van der Waals surface area contributed by atoms with Crippen LogP contribution in [0.1, 0.15) is 21.7 Å². The van der Waals surface area contributed by atoms with Gasteiger partial charge in [0, 0.05) is 24.0 Å². The highest BCUT2D eigenvalue weighted by Gasteiger charge is 2.08. The highest BCUT2D eigenvalue weighted by molar-refractivity contribution is 7.09. The summed E-state index contributed by atoms with van der Waals surface area (Å²) >= 11 is 1.66. The Labute approximate surface area is 128 Å². The molecule has 2 rings (SSSR count). The number of thiazole rings is 1. The van der Waals surface area contributed by atoms with E-state index in [9.17, 15) is 4.79 Å². The smallest absolute Gasteiger partial charge is 0.328 e. The third kappa shape index (κ3) is 4.51. The lowest BCUT2D eigenvalue weighted by atomic mass is 10.1. The lowest BCUT2D eigenvalue weighted by Crippen LogP contribution is -2.17. The molecule has 5 heteroatoms. The summed E-state index contributed by atoms with van der Waals surface area (Å²) < 4.78 is 0. The number of benzene rings is 1. The van der Waals surface area contributed by atoms with Gasteiger partial charge in [-0.1, -0.05) is 24.3 Å². The minimum Gasteiger partial charge on any atom is -0.478 e. The zero-order chi connectivity index (χ0) is 15.2. The number of nitrogens with zero attached hydrogens (tertiary/aromatic N) is 2. The summed E-state index contributed by atoms with van der Waals surface area (Å²) in [5.41, 5.74) is 4.99. The number of carbonyl (C=O) groups is 1. The van der Waals surface area contributed by atoms with E-state index in [-0.39, 0.29) is 0 Å². The van der Waals surface area contributed by atoms with Gasteiger partial charge in [-0.05, 0) is 31.2 Å². The number of aliphatic carboxylic acids is 1. The second kappa shape index (κ2) is 7.15. The number of aromatic nitrogens is 1. The number of carboxylic acids is 1. The van der Waals surface area contributed by atoms with E-state index in [1.54, 1.807) is 17.4 Å². The van der Waals surface area contributed by atoms with Crippen molar-refractivity contribution in [3.63, 3.8) is 0 Å². The first-order valence-corrected chi connectivity index (χ1v) is 7.50. The van der Waals surface area contributed by atoms with Gasteiger partial charge in [-0.15, -0.1) is 11.3 Å². The first kappa shape index (κ1) is 15.4. The molecule has 0 bridgehead atoms. The second-order valence-electron chi connectivity index (χ2n) is 4.90. The van der Waals surface area contributed by atoms with Crippen LogP contribution in [0.5, 0.6) is 0 Å². The normalized spacial score (nSPS) is 11.4. The highest BCUT2D eigenvalue weighted by atomic mass is 32.1. The van der Waals surface area contributed by atoms with E-state index in [0.717, 1.165) is 29.9 Å². The molecule has 0 aliphatic carbocycles. The Morgan fingerprint density at radius 2 is 2.14 bits per heavy atom. The average Bonchev–Trinajstić information content (AvgIpc) is 2.83. The van der Waals surface area contributed by atoms with E-state index in [4.69, 9.17) is 5.11 Å². The number of hydrogen-bond acceptors (Lipinski definition) is 4. The molecule has 0 unspecified atom stereocenters. The second-order valence-corrected chi connectivity index (χ2v) is 5.84. The van der Waals surface area contributed by atoms with Crippen molar-refractivity contribution in [1.82, 2.24) is 9.88 Å². The van der Waals surface area contributed by atoms with Crippen molar-refractivity contribution < 1.29 is 9.90 Å². The zero-order valence-electron chi connectivity index (χ0n) is 12.1. The van der Waals surface area contributed by atoms with Gasteiger partial charge in [-0.25, -0.2) is 9.78 Å². The molecule has 21 heavy (non-hydrogen) atoms. The highest BCUT2D eigenvalue weighted by Crippen LogP contribution is 2.17. The van der Waals surface area contributed by atoms with Crippen molar-refractivity contribution in [2.75, 3.05) is 7.05 Å². The third-order valence-electron chi connectivity index (χ3n) is 3.16. The van der Waals surface area contributed by atoms with Crippen LogP contribution in [-0.4, -0.2) is 28.0 Å². The van der Waals surface area contributed by atoms with Gasteiger partial charge in [-0.2, -0.15) is 0 Å². The molecule has 0 amide bonds. The maximum Gasteiger partial charge on any atom is 0.328 e. The van der Waals surface area contributed by atoms with E-state index in [1.165, 1.54) is 11.0 Å². The van der Waals surface area contributed by atoms with E-state index >= 15 is 0 Å². The summed E-state index contributed by atoms with van der Waals surface area (Å²) in [7, 11) is 2.05. The Morgan fingerprint density at radius 3 is 2.81 bits per heavy atom. The lowest BCUT2D eigenvalue weighted by molar-refractivity contribution is -0.131. The summed E-state index contributed by atoms with van der Waals surface area (Å²) in [6.07, 6.45) is 2.82. The Hall–Kier alpha value is -1.98. The summed E-state index contributed by atoms with van der Waals surface area (Å²) in [5, 5.41) is 8.75. The van der Waals surface area contributed by atoms with E-state index in [1.807, 2.05) is 36.7 Å². The molecule has 0 saturated heterocycles. The molecule has 1 aromatic heterocycles. The molecule has 0 aliphatic rings. The van der Waals surface area contributed by atoms with Crippen molar-refractivity contribution in [2.24, 2.45) is 0 Å². The maximum atomic E-state index is 10.7. The van der Waals surface area contributed by atoms with Crippen molar-refractivity contribution >= 4 is 23.4 Å². The summed E-state index contributed by atoms with van der Waals surface area (Å²) in [5.74, 6) is -0.932. The van der Waals surface area contributed by atoms with Crippen LogP contribution in [0.25, 0.3) is 6.08 Å². The predicted octanol–water partition coefficient (Wildman–Crippen LogP) is 3.18. The molecule has 0 saturated carbocycles. The van der Waals surface area contributed by atoms with Crippen LogP contribution in [0.4, 0.5) is 0 Å². The summed E-state index contributed by atoms with van der Waals surface area (Å²) in [6, 6.07) is 7.84. The number of hydrogen-bond donors (Lipinski definition) is 1. The maximum absolute atomic E-state index is 10.7. The predicted molar refractivity (Wildman–Crippen MR) is 85.1 cm³/mol. The Balaban J connectivity index is 2.08.